The van der Waals surface area contributed by atoms with Crippen molar-refractivity contribution in [3.8, 4) is 0 Å². The second kappa shape index (κ2) is 8.12. The normalized spacial score (nSPS) is 16.1. The summed E-state index contributed by atoms with van der Waals surface area (Å²) in [5.41, 5.74) is 0.127. The maximum absolute atomic E-state index is 12.5. The number of nitrogens with one attached hydrogen (secondary N) is 1. The quantitative estimate of drug-likeness (QED) is 0.843. The van der Waals surface area contributed by atoms with Gasteiger partial charge >= 0.3 is 5.97 Å². The fourth-order valence-electron chi connectivity index (χ4n) is 3.28. The number of amides is 1. The molecule has 1 N–H and O–H groups in total. The van der Waals surface area contributed by atoms with Gasteiger partial charge in [0, 0.05) is 18.5 Å². The van der Waals surface area contributed by atoms with Crippen molar-refractivity contribution in [3.63, 3.8) is 0 Å². The average molecular weight is 357 g/mol. The molecule has 1 amide bonds. The summed E-state index contributed by atoms with van der Waals surface area (Å²) in [5.74, 6) is -0.690. The lowest BCUT2D eigenvalue weighted by Gasteiger charge is -2.24. The minimum absolute atomic E-state index is 0.102. The second-order valence-electron chi connectivity index (χ2n) is 6.59. The van der Waals surface area contributed by atoms with Gasteiger partial charge in [-0.15, -0.1) is 0 Å². The number of aromatic amines is 1. The molecule has 1 aliphatic heterocycles. The Labute approximate surface area is 151 Å². The Morgan fingerprint density at radius 3 is 2.50 bits per heavy atom. The molecule has 0 saturated carbocycles. The molecule has 7 nitrogen and oxygen atoms in total. The predicted molar refractivity (Wildman–Crippen MR) is 96.7 cm³/mol. The van der Waals surface area contributed by atoms with Gasteiger partial charge in [-0.1, -0.05) is 31.0 Å². The number of aromatic nitrogens is 2. The first-order valence-electron chi connectivity index (χ1n) is 9.01. The molecule has 138 valence electrons. The van der Waals surface area contributed by atoms with E-state index >= 15 is 0 Å². The van der Waals surface area contributed by atoms with Crippen LogP contribution in [-0.4, -0.2) is 46.2 Å². The highest BCUT2D eigenvalue weighted by Crippen LogP contribution is 2.15. The van der Waals surface area contributed by atoms with E-state index in [0.717, 1.165) is 25.7 Å². The first kappa shape index (κ1) is 18.1. The van der Waals surface area contributed by atoms with Gasteiger partial charge in [-0.3, -0.25) is 14.4 Å². The number of H-pyrrole nitrogens is 1. The molecule has 0 bridgehead atoms. The molecule has 1 atom stereocenters. The van der Waals surface area contributed by atoms with Crippen LogP contribution in [0.3, 0.4) is 0 Å². The van der Waals surface area contributed by atoms with Gasteiger partial charge in [-0.25, -0.2) is 5.10 Å². The summed E-state index contributed by atoms with van der Waals surface area (Å²) in [6.45, 7) is 3.03. The molecule has 0 aliphatic carbocycles. The molecule has 1 aliphatic rings. The number of carbonyl (C=O) groups is 2. The number of benzene rings is 1. The first-order valence-corrected chi connectivity index (χ1v) is 9.01. The highest BCUT2D eigenvalue weighted by Gasteiger charge is 2.25. The van der Waals surface area contributed by atoms with Gasteiger partial charge in [-0.05, 0) is 25.8 Å². The zero-order valence-electron chi connectivity index (χ0n) is 14.9. The van der Waals surface area contributed by atoms with E-state index in [1.54, 1.807) is 36.1 Å². The van der Waals surface area contributed by atoms with E-state index in [4.69, 9.17) is 4.74 Å². The van der Waals surface area contributed by atoms with Crippen LogP contribution in [-0.2, 0) is 20.7 Å². The van der Waals surface area contributed by atoms with Gasteiger partial charge in [0.05, 0.1) is 17.5 Å². The molecule has 0 unspecified atom stereocenters. The highest BCUT2D eigenvalue weighted by atomic mass is 16.5. The maximum atomic E-state index is 12.5. The Morgan fingerprint density at radius 2 is 1.81 bits per heavy atom. The van der Waals surface area contributed by atoms with E-state index in [1.807, 2.05) is 0 Å². The summed E-state index contributed by atoms with van der Waals surface area (Å²) in [6, 6.07) is 6.95. The number of esters is 1. The molecular formula is C19H23N3O4. The van der Waals surface area contributed by atoms with Gasteiger partial charge in [0.1, 0.15) is 0 Å². The van der Waals surface area contributed by atoms with Crippen LogP contribution in [0.2, 0.25) is 0 Å². The molecule has 1 aromatic carbocycles. The van der Waals surface area contributed by atoms with Crippen LogP contribution in [0.15, 0.2) is 29.1 Å². The number of hydrogen-bond donors (Lipinski definition) is 1. The average Bonchev–Trinajstić information content (AvgIpc) is 2.93. The summed E-state index contributed by atoms with van der Waals surface area (Å²) in [7, 11) is 0. The number of rotatable bonds is 4. The highest BCUT2D eigenvalue weighted by molar-refractivity contribution is 5.88. The third kappa shape index (κ3) is 4.09. The van der Waals surface area contributed by atoms with Crippen molar-refractivity contribution in [1.82, 2.24) is 15.1 Å². The number of hydrogen-bond acceptors (Lipinski definition) is 5. The van der Waals surface area contributed by atoms with Crippen molar-refractivity contribution >= 4 is 22.6 Å². The third-order valence-corrected chi connectivity index (χ3v) is 4.66. The number of likely N-dealkylation sites (tertiary alicyclic amines) is 1. The van der Waals surface area contributed by atoms with Gasteiger partial charge in [0.25, 0.3) is 11.5 Å². The number of nitrogens with zero attached hydrogens (tertiary/aromatic N) is 2. The van der Waals surface area contributed by atoms with Gasteiger partial charge < -0.3 is 9.64 Å². The molecule has 2 heterocycles. The molecule has 1 fully saturated rings. The Kier molecular flexibility index (Phi) is 5.65. The van der Waals surface area contributed by atoms with Crippen molar-refractivity contribution in [1.29, 1.82) is 0 Å². The van der Waals surface area contributed by atoms with Gasteiger partial charge in [-0.2, -0.15) is 5.10 Å². The Hall–Kier alpha value is -2.70. The monoisotopic (exact) mass is 357 g/mol. The van der Waals surface area contributed by atoms with E-state index in [9.17, 15) is 14.4 Å². The standard InChI is InChI=1S/C19H23N3O4/c1-13(19(25)22-10-6-2-3-7-11-22)26-17(23)12-16-14-8-4-5-9-15(14)18(24)21-20-16/h4-5,8-9,13H,2-3,6-7,10-12H2,1H3,(H,21,24)/t13-/m0/s1. The summed E-state index contributed by atoms with van der Waals surface area (Å²) in [6.07, 6.45) is 3.30. The van der Waals surface area contributed by atoms with Crippen LogP contribution in [0.25, 0.3) is 10.8 Å². The molecule has 2 aromatic rings. The SMILES string of the molecule is C[C@H](OC(=O)Cc1n[nH]c(=O)c2ccccc12)C(=O)N1CCCCCC1. The van der Waals surface area contributed by atoms with Gasteiger partial charge in [0.15, 0.2) is 6.10 Å². The minimum atomic E-state index is -0.824. The lowest BCUT2D eigenvalue weighted by molar-refractivity contribution is -0.158. The van der Waals surface area contributed by atoms with E-state index in [2.05, 4.69) is 10.2 Å². The summed E-state index contributed by atoms with van der Waals surface area (Å²) >= 11 is 0. The smallest absolute Gasteiger partial charge is 0.312 e. The molecule has 0 radical (unpaired) electrons. The molecule has 1 saturated heterocycles. The summed E-state index contributed by atoms with van der Waals surface area (Å²) in [5, 5.41) is 7.44. The van der Waals surface area contributed by atoms with E-state index < -0.39 is 12.1 Å². The zero-order chi connectivity index (χ0) is 18.5. The molecule has 0 spiro atoms. The molecule has 7 heteroatoms. The lowest BCUT2D eigenvalue weighted by Crippen LogP contribution is -2.40. The van der Waals surface area contributed by atoms with E-state index in [-0.39, 0.29) is 17.9 Å². The van der Waals surface area contributed by atoms with Crippen LogP contribution in [0.4, 0.5) is 0 Å². The van der Waals surface area contributed by atoms with Crippen molar-refractivity contribution in [2.75, 3.05) is 13.1 Å². The van der Waals surface area contributed by atoms with Crippen molar-refractivity contribution in [2.24, 2.45) is 0 Å². The number of fused-ring (bicyclic) bond motifs is 1. The summed E-state index contributed by atoms with van der Waals surface area (Å²) < 4.78 is 5.33. The number of carbonyl (C=O) groups excluding carboxylic acids is 2. The first-order chi connectivity index (χ1) is 12.6. The van der Waals surface area contributed by atoms with E-state index in [1.165, 1.54) is 0 Å². The van der Waals surface area contributed by atoms with E-state index in [0.29, 0.717) is 29.6 Å². The predicted octanol–water partition coefficient (Wildman–Crippen LogP) is 1.80. The van der Waals surface area contributed by atoms with Gasteiger partial charge in [0.2, 0.25) is 0 Å². The van der Waals surface area contributed by atoms with Crippen molar-refractivity contribution in [3.05, 3.63) is 40.3 Å². The van der Waals surface area contributed by atoms with Crippen LogP contribution in [0.1, 0.15) is 38.3 Å². The maximum Gasteiger partial charge on any atom is 0.312 e. The zero-order valence-corrected chi connectivity index (χ0v) is 14.9. The molecule has 1 aromatic heterocycles. The fourth-order valence-corrected chi connectivity index (χ4v) is 3.28. The summed E-state index contributed by atoms with van der Waals surface area (Å²) in [4.78, 5) is 38.3. The second-order valence-corrected chi connectivity index (χ2v) is 6.59. The Balaban J connectivity index is 1.66. The third-order valence-electron chi connectivity index (χ3n) is 4.66. The number of ether oxygens (including phenoxy) is 1. The van der Waals surface area contributed by atoms with Crippen molar-refractivity contribution in [2.45, 2.75) is 45.1 Å². The molecular weight excluding hydrogens is 334 g/mol. The largest absolute Gasteiger partial charge is 0.452 e. The molecule has 26 heavy (non-hydrogen) atoms. The topological polar surface area (TPSA) is 92.4 Å². The Bertz CT molecular complexity index is 853. The van der Waals surface area contributed by atoms with Crippen LogP contribution < -0.4 is 5.56 Å². The van der Waals surface area contributed by atoms with Crippen LogP contribution >= 0.6 is 0 Å². The minimum Gasteiger partial charge on any atom is -0.452 e. The molecule has 3 rings (SSSR count). The van der Waals surface area contributed by atoms with Crippen molar-refractivity contribution < 1.29 is 14.3 Å². The van der Waals surface area contributed by atoms with Crippen LogP contribution in [0, 0.1) is 0 Å². The van der Waals surface area contributed by atoms with Crippen LogP contribution in [0.5, 0.6) is 0 Å². The lowest BCUT2D eigenvalue weighted by atomic mass is 10.1. The Morgan fingerprint density at radius 1 is 1.15 bits per heavy atom. The fraction of sp³-hybridized carbons (Fsp3) is 0.474.